The van der Waals surface area contributed by atoms with Crippen LogP contribution in [-0.2, 0) is 11.3 Å². The minimum atomic E-state index is -0.220. The van der Waals surface area contributed by atoms with Gasteiger partial charge in [-0.2, -0.15) is 0 Å². The highest BCUT2D eigenvalue weighted by Crippen LogP contribution is 2.07. The van der Waals surface area contributed by atoms with Crippen molar-refractivity contribution >= 4 is 11.9 Å². The third-order valence-corrected chi connectivity index (χ3v) is 4.50. The van der Waals surface area contributed by atoms with Crippen LogP contribution in [0.3, 0.4) is 0 Å². The lowest BCUT2D eigenvalue weighted by molar-refractivity contribution is -0.130. The highest BCUT2D eigenvalue weighted by atomic mass is 19.1. The normalized spacial score (nSPS) is 15.8. The second-order valence-corrected chi connectivity index (χ2v) is 6.57. The molecule has 1 heterocycles. The van der Waals surface area contributed by atoms with Crippen molar-refractivity contribution in [2.75, 3.05) is 52.9 Å². The number of benzene rings is 1. The van der Waals surface area contributed by atoms with Crippen molar-refractivity contribution in [1.29, 1.82) is 0 Å². The maximum Gasteiger partial charge on any atom is 0.219 e. The molecule has 0 aliphatic carbocycles. The molecule has 6 nitrogen and oxygen atoms in total. The first-order chi connectivity index (χ1) is 12.5. The van der Waals surface area contributed by atoms with Crippen molar-refractivity contribution in [3.63, 3.8) is 0 Å². The standard InChI is InChI=1S/C19H30FN5O/c1-4-21-19(23(3)15-17-6-5-7-18(20)14-17)22-8-9-24-10-12-25(13-11-24)16(2)26/h5-7,14H,4,8-13,15H2,1-3H3,(H,21,22). The fraction of sp³-hybridized carbons (Fsp3) is 0.579. The van der Waals surface area contributed by atoms with Crippen LogP contribution in [0.1, 0.15) is 19.4 Å². The number of hydrogen-bond donors (Lipinski definition) is 1. The average molecular weight is 363 g/mol. The molecule has 0 radical (unpaired) electrons. The number of amides is 1. The molecular formula is C19H30FN5O. The van der Waals surface area contributed by atoms with Gasteiger partial charge in [0.05, 0.1) is 6.54 Å². The zero-order valence-corrected chi connectivity index (χ0v) is 16.0. The first kappa shape index (κ1) is 20.2. The van der Waals surface area contributed by atoms with Crippen molar-refractivity contribution in [3.05, 3.63) is 35.6 Å². The summed E-state index contributed by atoms with van der Waals surface area (Å²) in [5.74, 6) is 0.748. The summed E-state index contributed by atoms with van der Waals surface area (Å²) in [5.41, 5.74) is 0.915. The molecule has 7 heteroatoms. The maximum absolute atomic E-state index is 13.4. The molecular weight excluding hydrogens is 333 g/mol. The van der Waals surface area contributed by atoms with Crippen molar-refractivity contribution in [2.45, 2.75) is 20.4 Å². The lowest BCUT2D eigenvalue weighted by atomic mass is 10.2. The predicted molar refractivity (Wildman–Crippen MR) is 103 cm³/mol. The molecule has 0 spiro atoms. The lowest BCUT2D eigenvalue weighted by Gasteiger charge is -2.33. The van der Waals surface area contributed by atoms with E-state index in [1.807, 2.05) is 29.8 Å². The van der Waals surface area contributed by atoms with Crippen LogP contribution in [0.25, 0.3) is 0 Å². The fourth-order valence-electron chi connectivity index (χ4n) is 3.04. The Morgan fingerprint density at radius 1 is 1.31 bits per heavy atom. The third-order valence-electron chi connectivity index (χ3n) is 4.50. The average Bonchev–Trinajstić information content (AvgIpc) is 2.61. The Morgan fingerprint density at radius 2 is 2.04 bits per heavy atom. The van der Waals surface area contributed by atoms with Gasteiger partial charge in [0.15, 0.2) is 5.96 Å². The summed E-state index contributed by atoms with van der Waals surface area (Å²) >= 11 is 0. The van der Waals surface area contributed by atoms with Crippen molar-refractivity contribution in [3.8, 4) is 0 Å². The van der Waals surface area contributed by atoms with E-state index in [1.54, 1.807) is 19.1 Å². The van der Waals surface area contributed by atoms with E-state index in [4.69, 9.17) is 4.99 Å². The number of halogens is 1. The Hall–Kier alpha value is -2.15. The molecule has 1 N–H and O–H groups in total. The van der Waals surface area contributed by atoms with E-state index >= 15 is 0 Å². The molecule has 1 aromatic rings. The minimum absolute atomic E-state index is 0.149. The van der Waals surface area contributed by atoms with Crippen molar-refractivity contribution < 1.29 is 9.18 Å². The van der Waals surface area contributed by atoms with Gasteiger partial charge in [-0.3, -0.25) is 14.7 Å². The van der Waals surface area contributed by atoms with Crippen LogP contribution in [0.5, 0.6) is 0 Å². The van der Waals surface area contributed by atoms with E-state index in [1.165, 1.54) is 6.07 Å². The molecule has 1 amide bonds. The Bertz CT molecular complexity index is 614. The van der Waals surface area contributed by atoms with Gasteiger partial charge in [0, 0.05) is 59.8 Å². The number of carbonyl (C=O) groups excluding carboxylic acids is 1. The number of nitrogens with zero attached hydrogens (tertiary/aromatic N) is 4. The number of piperazine rings is 1. The smallest absolute Gasteiger partial charge is 0.219 e. The molecule has 2 rings (SSSR count). The molecule has 0 saturated carbocycles. The topological polar surface area (TPSA) is 51.2 Å². The van der Waals surface area contributed by atoms with E-state index in [0.717, 1.165) is 50.8 Å². The lowest BCUT2D eigenvalue weighted by Crippen LogP contribution is -2.48. The third kappa shape index (κ3) is 6.29. The van der Waals surface area contributed by atoms with Crippen LogP contribution < -0.4 is 5.32 Å². The summed E-state index contributed by atoms with van der Waals surface area (Å²) in [4.78, 5) is 22.3. The van der Waals surface area contributed by atoms with Crippen LogP contribution in [-0.4, -0.2) is 79.4 Å². The van der Waals surface area contributed by atoms with Gasteiger partial charge < -0.3 is 15.1 Å². The summed E-state index contributed by atoms with van der Waals surface area (Å²) in [6.07, 6.45) is 0. The highest BCUT2D eigenvalue weighted by Gasteiger charge is 2.18. The predicted octanol–water partition coefficient (Wildman–Crippen LogP) is 1.39. The molecule has 1 aromatic carbocycles. The molecule has 1 aliphatic heterocycles. The van der Waals surface area contributed by atoms with E-state index in [9.17, 15) is 9.18 Å². The number of aliphatic imine (C=N–C) groups is 1. The molecule has 1 saturated heterocycles. The molecule has 26 heavy (non-hydrogen) atoms. The Balaban J connectivity index is 1.85. The summed E-state index contributed by atoms with van der Waals surface area (Å²) in [7, 11) is 1.96. The van der Waals surface area contributed by atoms with Crippen LogP contribution in [0.4, 0.5) is 4.39 Å². The van der Waals surface area contributed by atoms with Gasteiger partial charge in [0.1, 0.15) is 5.82 Å². The summed E-state index contributed by atoms with van der Waals surface area (Å²) in [6, 6.07) is 6.64. The fourth-order valence-corrected chi connectivity index (χ4v) is 3.04. The van der Waals surface area contributed by atoms with E-state index < -0.39 is 0 Å². The largest absolute Gasteiger partial charge is 0.357 e. The molecule has 0 aromatic heterocycles. The second kappa shape index (κ2) is 10.1. The minimum Gasteiger partial charge on any atom is -0.357 e. The molecule has 0 unspecified atom stereocenters. The van der Waals surface area contributed by atoms with Gasteiger partial charge in [-0.25, -0.2) is 4.39 Å². The summed E-state index contributed by atoms with van der Waals surface area (Å²) < 4.78 is 13.4. The molecule has 1 aliphatic rings. The molecule has 1 fully saturated rings. The van der Waals surface area contributed by atoms with Gasteiger partial charge in [0.25, 0.3) is 0 Å². The van der Waals surface area contributed by atoms with E-state index in [2.05, 4.69) is 10.2 Å². The molecule has 0 atom stereocenters. The second-order valence-electron chi connectivity index (χ2n) is 6.57. The first-order valence-corrected chi connectivity index (χ1v) is 9.21. The summed E-state index contributed by atoms with van der Waals surface area (Å²) in [6.45, 7) is 9.96. The van der Waals surface area contributed by atoms with Crippen LogP contribution in [0.15, 0.2) is 29.3 Å². The van der Waals surface area contributed by atoms with Gasteiger partial charge in [-0.1, -0.05) is 12.1 Å². The van der Waals surface area contributed by atoms with Gasteiger partial charge in [-0.15, -0.1) is 0 Å². The Labute approximate surface area is 155 Å². The highest BCUT2D eigenvalue weighted by molar-refractivity contribution is 5.79. The number of guanidine groups is 1. The number of hydrogen-bond acceptors (Lipinski definition) is 3. The molecule has 144 valence electrons. The van der Waals surface area contributed by atoms with Crippen LogP contribution >= 0.6 is 0 Å². The van der Waals surface area contributed by atoms with Gasteiger partial charge in [-0.05, 0) is 24.6 Å². The Kier molecular flexibility index (Phi) is 7.84. The van der Waals surface area contributed by atoms with E-state index in [0.29, 0.717) is 13.1 Å². The number of carbonyl (C=O) groups is 1. The zero-order valence-electron chi connectivity index (χ0n) is 16.0. The molecule has 0 bridgehead atoms. The zero-order chi connectivity index (χ0) is 18.9. The first-order valence-electron chi connectivity index (χ1n) is 9.21. The van der Waals surface area contributed by atoms with E-state index in [-0.39, 0.29) is 11.7 Å². The van der Waals surface area contributed by atoms with Gasteiger partial charge >= 0.3 is 0 Å². The van der Waals surface area contributed by atoms with Crippen LogP contribution in [0.2, 0.25) is 0 Å². The maximum atomic E-state index is 13.4. The quantitative estimate of drug-likeness (QED) is 0.613. The van der Waals surface area contributed by atoms with Gasteiger partial charge in [0.2, 0.25) is 5.91 Å². The van der Waals surface area contributed by atoms with Crippen molar-refractivity contribution in [2.24, 2.45) is 4.99 Å². The van der Waals surface area contributed by atoms with Crippen LogP contribution in [0, 0.1) is 5.82 Å². The Morgan fingerprint density at radius 3 is 2.65 bits per heavy atom. The number of rotatable bonds is 6. The monoisotopic (exact) mass is 363 g/mol. The van der Waals surface area contributed by atoms with Crippen molar-refractivity contribution in [1.82, 2.24) is 20.0 Å². The number of nitrogens with one attached hydrogen (secondary N) is 1. The summed E-state index contributed by atoms with van der Waals surface area (Å²) in [5, 5.41) is 3.29. The SMILES string of the molecule is CCNC(=NCCN1CCN(C(C)=O)CC1)N(C)Cc1cccc(F)c1.